The van der Waals surface area contributed by atoms with Gasteiger partial charge in [0.2, 0.25) is 0 Å². The number of benzene rings is 2. The maximum atomic E-state index is 12.2. The van der Waals surface area contributed by atoms with Gasteiger partial charge in [0, 0.05) is 5.69 Å². The Hall–Kier alpha value is -2.37. The van der Waals surface area contributed by atoms with Gasteiger partial charge in [-0.3, -0.25) is 0 Å². The Morgan fingerprint density at radius 1 is 0.900 bits per heavy atom. The maximum absolute atomic E-state index is 12.2. The van der Waals surface area contributed by atoms with Crippen molar-refractivity contribution in [1.82, 2.24) is 0 Å². The molecule has 0 aromatic heterocycles. The van der Waals surface area contributed by atoms with Crippen molar-refractivity contribution in [3.8, 4) is 11.5 Å². The molecule has 0 atom stereocenters. The monoisotopic (exact) mass is 283 g/mol. The summed E-state index contributed by atoms with van der Waals surface area (Å²) in [5.41, 5.74) is 6.94. The predicted molar refractivity (Wildman–Crippen MR) is 68.3 cm³/mol. The molecule has 2 N–H and O–H groups in total. The molecule has 2 rings (SSSR count). The van der Waals surface area contributed by atoms with Gasteiger partial charge < -0.3 is 15.2 Å². The Morgan fingerprint density at radius 3 is 2.10 bits per heavy atom. The second-order valence-electron chi connectivity index (χ2n) is 4.02. The van der Waals surface area contributed by atoms with Gasteiger partial charge >= 0.3 is 6.36 Å². The van der Waals surface area contributed by atoms with Crippen LogP contribution >= 0.6 is 0 Å². The molecule has 3 nitrogen and oxygen atoms in total. The van der Waals surface area contributed by atoms with Crippen LogP contribution in [0, 0.1) is 0 Å². The Bertz CT molecular complexity index is 567. The van der Waals surface area contributed by atoms with Crippen molar-refractivity contribution >= 4 is 5.69 Å². The van der Waals surface area contributed by atoms with E-state index in [-0.39, 0.29) is 18.1 Å². The van der Waals surface area contributed by atoms with E-state index in [0.29, 0.717) is 5.69 Å². The molecule has 0 aliphatic heterocycles. The van der Waals surface area contributed by atoms with Crippen molar-refractivity contribution < 1.29 is 22.6 Å². The SMILES string of the molecule is Nc1ccc(COc2ccccc2OC(F)(F)F)cc1. The van der Waals surface area contributed by atoms with E-state index in [9.17, 15) is 13.2 Å². The number of para-hydroxylation sites is 2. The van der Waals surface area contributed by atoms with Crippen LogP contribution in [0.3, 0.4) is 0 Å². The van der Waals surface area contributed by atoms with Crippen molar-refractivity contribution in [1.29, 1.82) is 0 Å². The minimum atomic E-state index is -4.75. The van der Waals surface area contributed by atoms with Gasteiger partial charge in [-0.25, -0.2) is 0 Å². The number of nitrogen functional groups attached to an aromatic ring is 1. The molecule has 20 heavy (non-hydrogen) atoms. The average Bonchev–Trinajstić information content (AvgIpc) is 2.38. The van der Waals surface area contributed by atoms with E-state index >= 15 is 0 Å². The zero-order valence-electron chi connectivity index (χ0n) is 10.4. The number of ether oxygens (including phenoxy) is 2. The molecule has 2 aromatic rings. The highest BCUT2D eigenvalue weighted by Crippen LogP contribution is 2.32. The molecule has 0 spiro atoms. The van der Waals surface area contributed by atoms with Gasteiger partial charge in [0.1, 0.15) is 6.61 Å². The molecule has 0 saturated heterocycles. The van der Waals surface area contributed by atoms with E-state index < -0.39 is 6.36 Å². The Balaban J connectivity index is 2.07. The van der Waals surface area contributed by atoms with E-state index in [1.807, 2.05) is 0 Å². The van der Waals surface area contributed by atoms with Gasteiger partial charge in [0.25, 0.3) is 0 Å². The van der Waals surface area contributed by atoms with Crippen molar-refractivity contribution in [2.45, 2.75) is 13.0 Å². The Kier molecular flexibility index (Phi) is 4.02. The van der Waals surface area contributed by atoms with Crippen LogP contribution in [0.25, 0.3) is 0 Å². The third-order valence-corrected chi connectivity index (χ3v) is 2.45. The number of hydrogen-bond donors (Lipinski definition) is 1. The molecular formula is C14H12F3NO2. The highest BCUT2D eigenvalue weighted by molar-refractivity contribution is 5.41. The van der Waals surface area contributed by atoms with Gasteiger partial charge in [-0.15, -0.1) is 13.2 Å². The lowest BCUT2D eigenvalue weighted by molar-refractivity contribution is -0.275. The van der Waals surface area contributed by atoms with Crippen LogP contribution in [0.4, 0.5) is 18.9 Å². The fourth-order valence-electron chi connectivity index (χ4n) is 1.55. The first kappa shape index (κ1) is 14.0. The molecule has 0 amide bonds. The van der Waals surface area contributed by atoms with Crippen molar-refractivity contribution in [2.24, 2.45) is 0 Å². The molecule has 0 saturated carbocycles. The summed E-state index contributed by atoms with van der Waals surface area (Å²) in [7, 11) is 0. The Morgan fingerprint density at radius 2 is 1.50 bits per heavy atom. The average molecular weight is 283 g/mol. The van der Waals surface area contributed by atoms with Crippen molar-refractivity contribution in [3.05, 3.63) is 54.1 Å². The second kappa shape index (κ2) is 5.73. The molecule has 0 radical (unpaired) electrons. The predicted octanol–water partition coefficient (Wildman–Crippen LogP) is 3.75. The van der Waals surface area contributed by atoms with Crippen molar-refractivity contribution in [3.63, 3.8) is 0 Å². The van der Waals surface area contributed by atoms with E-state index in [4.69, 9.17) is 10.5 Å². The van der Waals surface area contributed by atoms with E-state index in [1.165, 1.54) is 18.2 Å². The summed E-state index contributed by atoms with van der Waals surface area (Å²) >= 11 is 0. The first-order valence-corrected chi connectivity index (χ1v) is 5.76. The highest BCUT2D eigenvalue weighted by Gasteiger charge is 2.32. The molecule has 2 aromatic carbocycles. The summed E-state index contributed by atoms with van der Waals surface area (Å²) in [6.07, 6.45) is -4.75. The fraction of sp³-hybridized carbons (Fsp3) is 0.143. The van der Waals surface area contributed by atoms with Gasteiger partial charge in [0.15, 0.2) is 11.5 Å². The molecular weight excluding hydrogens is 271 g/mol. The largest absolute Gasteiger partial charge is 0.573 e. The summed E-state index contributed by atoms with van der Waals surface area (Å²) in [6, 6.07) is 12.5. The number of hydrogen-bond acceptors (Lipinski definition) is 3. The number of anilines is 1. The molecule has 0 heterocycles. The lowest BCUT2D eigenvalue weighted by Gasteiger charge is -2.13. The Labute approximate surface area is 113 Å². The number of alkyl halides is 3. The summed E-state index contributed by atoms with van der Waals surface area (Å²) in [6.45, 7) is 0.124. The van der Waals surface area contributed by atoms with E-state index in [1.54, 1.807) is 30.3 Å². The highest BCUT2D eigenvalue weighted by atomic mass is 19.4. The third kappa shape index (κ3) is 4.08. The normalized spacial score (nSPS) is 11.2. The van der Waals surface area contributed by atoms with Crippen LogP contribution in [0.1, 0.15) is 5.56 Å². The summed E-state index contributed by atoms with van der Waals surface area (Å²) < 4.78 is 46.0. The minimum Gasteiger partial charge on any atom is -0.485 e. The zero-order chi connectivity index (χ0) is 14.6. The summed E-state index contributed by atoms with van der Waals surface area (Å²) in [5.74, 6) is -0.336. The third-order valence-electron chi connectivity index (χ3n) is 2.45. The molecule has 6 heteroatoms. The summed E-state index contributed by atoms with van der Waals surface area (Å²) in [4.78, 5) is 0. The fourth-order valence-corrected chi connectivity index (χ4v) is 1.55. The lowest BCUT2D eigenvalue weighted by Crippen LogP contribution is -2.17. The van der Waals surface area contributed by atoms with Crippen LogP contribution in [-0.4, -0.2) is 6.36 Å². The maximum Gasteiger partial charge on any atom is 0.573 e. The van der Waals surface area contributed by atoms with E-state index in [2.05, 4.69) is 4.74 Å². The smallest absolute Gasteiger partial charge is 0.485 e. The number of nitrogens with two attached hydrogens (primary N) is 1. The first-order chi connectivity index (χ1) is 9.44. The van der Waals surface area contributed by atoms with Crippen LogP contribution in [0.2, 0.25) is 0 Å². The van der Waals surface area contributed by atoms with Crippen LogP contribution < -0.4 is 15.2 Å². The van der Waals surface area contributed by atoms with Gasteiger partial charge in [-0.2, -0.15) is 0 Å². The quantitative estimate of drug-likeness (QED) is 0.869. The molecule has 0 aliphatic rings. The molecule has 0 bridgehead atoms. The summed E-state index contributed by atoms with van der Waals surface area (Å²) in [5, 5.41) is 0. The van der Waals surface area contributed by atoms with E-state index in [0.717, 1.165) is 5.56 Å². The molecule has 106 valence electrons. The first-order valence-electron chi connectivity index (χ1n) is 5.76. The van der Waals surface area contributed by atoms with Crippen molar-refractivity contribution in [2.75, 3.05) is 5.73 Å². The van der Waals surface area contributed by atoms with Crippen LogP contribution in [-0.2, 0) is 6.61 Å². The molecule has 0 fully saturated rings. The topological polar surface area (TPSA) is 44.5 Å². The molecule has 0 unspecified atom stereocenters. The number of halogens is 3. The zero-order valence-corrected chi connectivity index (χ0v) is 10.4. The lowest BCUT2D eigenvalue weighted by atomic mass is 10.2. The second-order valence-corrected chi connectivity index (χ2v) is 4.02. The van der Waals surface area contributed by atoms with Gasteiger partial charge in [0.05, 0.1) is 0 Å². The molecule has 0 aliphatic carbocycles. The standard InChI is InChI=1S/C14H12F3NO2/c15-14(16,17)20-13-4-2-1-3-12(13)19-9-10-5-7-11(18)8-6-10/h1-8H,9,18H2. The van der Waals surface area contributed by atoms with Crippen LogP contribution in [0.15, 0.2) is 48.5 Å². The minimum absolute atomic E-state index is 0.0293. The number of rotatable bonds is 4. The van der Waals surface area contributed by atoms with Crippen LogP contribution in [0.5, 0.6) is 11.5 Å². The van der Waals surface area contributed by atoms with Gasteiger partial charge in [-0.05, 0) is 29.8 Å². The van der Waals surface area contributed by atoms with Gasteiger partial charge in [-0.1, -0.05) is 24.3 Å².